The van der Waals surface area contributed by atoms with Gasteiger partial charge in [-0.05, 0) is 30.3 Å². The van der Waals surface area contributed by atoms with E-state index in [-0.39, 0.29) is 5.91 Å². The Morgan fingerprint density at radius 1 is 1.28 bits per heavy atom. The van der Waals surface area contributed by atoms with Gasteiger partial charge in [-0.2, -0.15) is 0 Å². The molecule has 3 rings (SSSR count). The van der Waals surface area contributed by atoms with E-state index in [4.69, 9.17) is 16.3 Å². The Labute approximate surface area is 163 Å². The van der Waals surface area contributed by atoms with E-state index >= 15 is 0 Å². The molecule has 0 unspecified atom stereocenters. The van der Waals surface area contributed by atoms with Crippen LogP contribution in [0, 0.1) is 0 Å². The van der Waals surface area contributed by atoms with Gasteiger partial charge in [0.2, 0.25) is 0 Å². The van der Waals surface area contributed by atoms with Crippen LogP contribution in [0.25, 0.3) is 10.6 Å². The van der Waals surface area contributed by atoms with Gasteiger partial charge in [-0.25, -0.2) is 4.98 Å². The number of carbonyl (C=O) groups is 1. The van der Waals surface area contributed by atoms with Gasteiger partial charge >= 0.3 is 0 Å². The highest BCUT2D eigenvalue weighted by atomic mass is 79.9. The van der Waals surface area contributed by atoms with Crippen LogP contribution in [0.5, 0.6) is 5.75 Å². The van der Waals surface area contributed by atoms with Crippen LogP contribution in [0.15, 0.2) is 52.3 Å². The summed E-state index contributed by atoms with van der Waals surface area (Å²) in [6.07, 6.45) is 0. The number of aromatic nitrogens is 1. The number of ether oxygens (including phenoxy) is 1. The van der Waals surface area contributed by atoms with Crippen molar-refractivity contribution in [3.63, 3.8) is 0 Å². The Morgan fingerprint density at radius 2 is 2.04 bits per heavy atom. The summed E-state index contributed by atoms with van der Waals surface area (Å²) in [6.45, 7) is 0. The third kappa shape index (κ3) is 3.71. The third-order valence-corrected chi connectivity index (χ3v) is 5.31. The number of amides is 1. The molecule has 1 amide bonds. The highest BCUT2D eigenvalue weighted by Crippen LogP contribution is 2.33. The second-order valence-corrected chi connectivity index (χ2v) is 7.38. The molecule has 0 atom stereocenters. The second-order valence-electron chi connectivity index (χ2n) is 5.20. The number of halogens is 2. The minimum Gasteiger partial charge on any atom is -0.496 e. The summed E-state index contributed by atoms with van der Waals surface area (Å²) in [4.78, 5) is 18.7. The highest BCUT2D eigenvalue weighted by molar-refractivity contribution is 9.10. The van der Waals surface area contributed by atoms with Crippen molar-refractivity contribution < 1.29 is 9.53 Å². The molecule has 0 radical (unpaired) electrons. The Bertz CT molecular complexity index is 929. The zero-order chi connectivity index (χ0) is 18.0. The van der Waals surface area contributed by atoms with E-state index in [2.05, 4.69) is 20.9 Å². The zero-order valence-corrected chi connectivity index (χ0v) is 16.7. The normalized spacial score (nSPS) is 10.6. The largest absolute Gasteiger partial charge is 0.496 e. The molecule has 0 N–H and O–H groups in total. The first-order valence-electron chi connectivity index (χ1n) is 7.33. The van der Waals surface area contributed by atoms with Crippen molar-refractivity contribution in [3.8, 4) is 16.3 Å². The molecule has 4 nitrogen and oxygen atoms in total. The van der Waals surface area contributed by atoms with Crippen LogP contribution in [0.3, 0.4) is 0 Å². The summed E-state index contributed by atoms with van der Waals surface area (Å²) in [5, 5.41) is 2.97. The molecule has 25 heavy (non-hydrogen) atoms. The summed E-state index contributed by atoms with van der Waals surface area (Å²) >= 11 is 11.0. The number of carbonyl (C=O) groups excluding carboxylic acids is 1. The number of nitrogens with zero attached hydrogens (tertiary/aromatic N) is 2. The topological polar surface area (TPSA) is 42.4 Å². The van der Waals surface area contributed by atoms with Crippen molar-refractivity contribution in [2.45, 2.75) is 0 Å². The fourth-order valence-corrected chi connectivity index (χ4v) is 3.98. The Kier molecular flexibility index (Phi) is 5.42. The Morgan fingerprint density at radius 3 is 2.76 bits per heavy atom. The van der Waals surface area contributed by atoms with E-state index in [0.29, 0.717) is 16.4 Å². The van der Waals surface area contributed by atoms with Gasteiger partial charge in [-0.3, -0.25) is 4.79 Å². The molecule has 0 fully saturated rings. The SMILES string of the molecule is COc1ccccc1-c1nc(C(=O)N(C)c2ccc(Br)cc2Cl)cs1. The number of hydrogen-bond acceptors (Lipinski definition) is 4. The first-order valence-corrected chi connectivity index (χ1v) is 9.38. The molecule has 3 aromatic rings. The number of para-hydroxylation sites is 1. The van der Waals surface area contributed by atoms with Crippen molar-refractivity contribution in [1.29, 1.82) is 0 Å². The van der Waals surface area contributed by atoms with Crippen LogP contribution in [0.2, 0.25) is 5.02 Å². The van der Waals surface area contributed by atoms with E-state index in [1.807, 2.05) is 30.3 Å². The van der Waals surface area contributed by atoms with Crippen LogP contribution < -0.4 is 9.64 Å². The van der Waals surface area contributed by atoms with Crippen molar-refractivity contribution in [3.05, 3.63) is 63.0 Å². The molecular weight excluding hydrogens is 424 g/mol. The number of methoxy groups -OCH3 is 1. The van der Waals surface area contributed by atoms with Gasteiger partial charge in [0.15, 0.2) is 0 Å². The number of thiazole rings is 1. The van der Waals surface area contributed by atoms with Crippen LogP contribution in [-0.2, 0) is 0 Å². The predicted molar refractivity (Wildman–Crippen MR) is 106 cm³/mol. The monoisotopic (exact) mass is 436 g/mol. The zero-order valence-electron chi connectivity index (χ0n) is 13.5. The average Bonchev–Trinajstić information content (AvgIpc) is 3.10. The molecule has 1 aromatic heterocycles. The van der Waals surface area contributed by atoms with E-state index in [9.17, 15) is 4.79 Å². The number of hydrogen-bond donors (Lipinski definition) is 0. The fraction of sp³-hybridized carbons (Fsp3) is 0.111. The minimum atomic E-state index is -0.221. The maximum atomic E-state index is 12.7. The van der Waals surface area contributed by atoms with Crippen LogP contribution in [-0.4, -0.2) is 25.0 Å². The molecule has 0 aliphatic rings. The van der Waals surface area contributed by atoms with Gasteiger partial charge < -0.3 is 9.64 Å². The summed E-state index contributed by atoms with van der Waals surface area (Å²) in [5.74, 6) is 0.502. The van der Waals surface area contributed by atoms with E-state index in [1.54, 1.807) is 31.7 Å². The summed E-state index contributed by atoms with van der Waals surface area (Å²) in [7, 11) is 3.29. The van der Waals surface area contributed by atoms with E-state index < -0.39 is 0 Å². The lowest BCUT2D eigenvalue weighted by Gasteiger charge is -2.17. The summed E-state index contributed by atoms with van der Waals surface area (Å²) < 4.78 is 6.22. The molecule has 0 aliphatic carbocycles. The molecule has 0 aliphatic heterocycles. The maximum absolute atomic E-state index is 12.7. The van der Waals surface area contributed by atoms with Crippen LogP contribution >= 0.6 is 38.9 Å². The van der Waals surface area contributed by atoms with Gasteiger partial charge in [0.25, 0.3) is 5.91 Å². The van der Waals surface area contributed by atoms with Gasteiger partial charge in [-0.15, -0.1) is 11.3 Å². The summed E-state index contributed by atoms with van der Waals surface area (Å²) in [6, 6.07) is 13.0. The predicted octanol–water partition coefficient (Wildman–Crippen LogP) is 5.51. The fourth-order valence-electron chi connectivity index (χ4n) is 2.35. The van der Waals surface area contributed by atoms with Crippen molar-refractivity contribution in [2.24, 2.45) is 0 Å². The quantitative estimate of drug-likeness (QED) is 0.540. The van der Waals surface area contributed by atoms with Crippen LogP contribution in [0.1, 0.15) is 10.5 Å². The van der Waals surface area contributed by atoms with Gasteiger partial charge in [0.1, 0.15) is 16.5 Å². The molecule has 0 bridgehead atoms. The van der Waals surface area contributed by atoms with Crippen molar-refractivity contribution in [2.75, 3.05) is 19.1 Å². The first-order chi connectivity index (χ1) is 12.0. The Balaban J connectivity index is 1.90. The lowest BCUT2D eigenvalue weighted by atomic mass is 10.2. The number of rotatable bonds is 4. The smallest absolute Gasteiger partial charge is 0.277 e. The van der Waals surface area contributed by atoms with Crippen molar-refractivity contribution >= 4 is 50.5 Å². The molecule has 0 spiro atoms. The number of benzene rings is 2. The Hall–Kier alpha value is -1.89. The first kappa shape index (κ1) is 17.9. The van der Waals surface area contributed by atoms with E-state index in [0.717, 1.165) is 20.8 Å². The lowest BCUT2D eigenvalue weighted by molar-refractivity contribution is 0.0989. The standard InChI is InChI=1S/C18H14BrClN2O2S/c1-22(15-8-7-11(19)9-13(15)20)18(23)14-10-25-17(21-14)12-5-3-4-6-16(12)24-2/h3-10H,1-2H3. The van der Waals surface area contributed by atoms with E-state index in [1.165, 1.54) is 16.2 Å². The molecule has 128 valence electrons. The van der Waals surface area contributed by atoms with Crippen LogP contribution in [0.4, 0.5) is 5.69 Å². The van der Waals surface area contributed by atoms with Gasteiger partial charge in [-0.1, -0.05) is 39.7 Å². The third-order valence-electron chi connectivity index (χ3n) is 3.64. The van der Waals surface area contributed by atoms with Gasteiger partial charge in [0.05, 0.1) is 23.4 Å². The highest BCUT2D eigenvalue weighted by Gasteiger charge is 2.20. The molecule has 2 aromatic carbocycles. The van der Waals surface area contributed by atoms with Gasteiger partial charge in [0, 0.05) is 16.9 Å². The van der Waals surface area contributed by atoms with Crippen molar-refractivity contribution in [1.82, 2.24) is 4.98 Å². The number of anilines is 1. The average molecular weight is 438 g/mol. The molecule has 7 heteroatoms. The summed E-state index contributed by atoms with van der Waals surface area (Å²) in [5.41, 5.74) is 1.85. The minimum absolute atomic E-state index is 0.221. The molecule has 0 saturated heterocycles. The molecular formula is C18H14BrClN2O2S. The second kappa shape index (κ2) is 7.56. The molecule has 0 saturated carbocycles. The lowest BCUT2D eigenvalue weighted by Crippen LogP contribution is -2.26. The molecule has 1 heterocycles. The maximum Gasteiger partial charge on any atom is 0.277 e.